The lowest BCUT2D eigenvalue weighted by molar-refractivity contribution is -0.687. The van der Waals surface area contributed by atoms with E-state index in [4.69, 9.17) is 27.9 Å². The quantitative estimate of drug-likeness (QED) is 0.361. The smallest absolute Gasteiger partial charge is 0.413 e. The van der Waals surface area contributed by atoms with E-state index < -0.39 is 17.6 Å². The average molecular weight is 546 g/mol. The summed E-state index contributed by atoms with van der Waals surface area (Å²) in [6.45, 7) is 11.5. The lowest BCUT2D eigenvalue weighted by atomic mass is 10.1. The molecule has 2 aromatic heterocycles. The van der Waals surface area contributed by atoms with Gasteiger partial charge < -0.3 is 4.74 Å². The molecule has 0 saturated heterocycles. The molecule has 0 saturated carbocycles. The number of nitrogens with zero attached hydrogens (tertiary/aromatic N) is 5. The number of rotatable bonds is 7. The average Bonchev–Trinajstić information content (AvgIpc) is 2.82. The third kappa shape index (κ3) is 6.93. The Kier molecular flexibility index (Phi) is 9.04. The summed E-state index contributed by atoms with van der Waals surface area (Å²) in [4.78, 5) is 40.9. The van der Waals surface area contributed by atoms with Crippen molar-refractivity contribution in [3.05, 3.63) is 63.8 Å². The highest BCUT2D eigenvalue weighted by Gasteiger charge is 2.35. The lowest BCUT2D eigenvalue weighted by Crippen LogP contribution is -2.46. The van der Waals surface area contributed by atoms with Gasteiger partial charge in [0.05, 0.1) is 17.1 Å². The number of aromatic nitrogens is 4. The van der Waals surface area contributed by atoms with Crippen LogP contribution in [0.5, 0.6) is 0 Å². The molecular formula is C26H31Cl2N6O3+. The second-order valence-electron chi connectivity index (χ2n) is 9.32. The minimum Gasteiger partial charge on any atom is -0.444 e. The summed E-state index contributed by atoms with van der Waals surface area (Å²) in [7, 11) is 0. The van der Waals surface area contributed by atoms with E-state index in [9.17, 15) is 9.59 Å². The molecule has 0 bridgehead atoms. The molecule has 0 unspecified atom stereocenters. The Hall–Kier alpha value is -3.30. The van der Waals surface area contributed by atoms with E-state index in [0.29, 0.717) is 35.4 Å². The first-order valence-corrected chi connectivity index (χ1v) is 12.7. The fraction of sp³-hybridized carbons (Fsp3) is 0.385. The standard InChI is InChI=1S/C26H30Cl2N6O3/c1-7-14-33-23(28)30-19(8-2)31-24(33)34(21-16(3)10-9-11-18(21)27)22(35)17-12-13-20(29-15-17)32-25(36)37-26(4,5)6/h9-13,15H,7-8,14H2,1-6H3/p+1. The van der Waals surface area contributed by atoms with Crippen molar-refractivity contribution >= 4 is 52.7 Å². The summed E-state index contributed by atoms with van der Waals surface area (Å²) in [6.07, 6.45) is 2.00. The minimum absolute atomic E-state index is 0.223. The molecule has 0 spiro atoms. The molecular weight excluding hydrogens is 515 g/mol. The number of hydrogen-bond donors (Lipinski definition) is 1. The van der Waals surface area contributed by atoms with Crippen LogP contribution >= 0.6 is 23.2 Å². The maximum Gasteiger partial charge on any atom is 0.413 e. The zero-order chi connectivity index (χ0) is 27.3. The Bertz CT molecular complexity index is 1270. The number of halogens is 2. The molecule has 0 aliphatic rings. The van der Waals surface area contributed by atoms with Crippen molar-refractivity contribution in [1.82, 2.24) is 15.0 Å². The van der Waals surface area contributed by atoms with Crippen LogP contribution in [-0.4, -0.2) is 32.6 Å². The Labute approximate surface area is 226 Å². The van der Waals surface area contributed by atoms with Gasteiger partial charge in [-0.25, -0.2) is 14.3 Å². The molecule has 11 heteroatoms. The van der Waals surface area contributed by atoms with Gasteiger partial charge in [0.1, 0.15) is 17.1 Å². The number of para-hydroxylation sites is 1. The fourth-order valence-corrected chi connectivity index (χ4v) is 4.09. The molecule has 196 valence electrons. The van der Waals surface area contributed by atoms with Crippen LogP contribution in [0.3, 0.4) is 0 Å². The maximum atomic E-state index is 14.0. The van der Waals surface area contributed by atoms with Gasteiger partial charge in [0.2, 0.25) is 5.82 Å². The van der Waals surface area contributed by atoms with Gasteiger partial charge in [-0.3, -0.25) is 10.1 Å². The van der Waals surface area contributed by atoms with Crippen LogP contribution in [0.15, 0.2) is 36.5 Å². The van der Waals surface area contributed by atoms with E-state index in [1.807, 2.05) is 32.9 Å². The van der Waals surface area contributed by atoms with E-state index in [-0.39, 0.29) is 16.7 Å². The van der Waals surface area contributed by atoms with Gasteiger partial charge in [0.25, 0.3) is 0 Å². The van der Waals surface area contributed by atoms with E-state index >= 15 is 0 Å². The molecule has 3 rings (SSSR count). The van der Waals surface area contributed by atoms with Crippen LogP contribution in [0, 0.1) is 6.92 Å². The Morgan fingerprint density at radius 1 is 1.11 bits per heavy atom. The molecule has 37 heavy (non-hydrogen) atoms. The monoisotopic (exact) mass is 545 g/mol. The summed E-state index contributed by atoms with van der Waals surface area (Å²) < 4.78 is 6.95. The van der Waals surface area contributed by atoms with Crippen LogP contribution < -0.4 is 14.8 Å². The highest BCUT2D eigenvalue weighted by molar-refractivity contribution is 6.34. The minimum atomic E-state index is -0.655. The summed E-state index contributed by atoms with van der Waals surface area (Å²) >= 11 is 13.2. The summed E-state index contributed by atoms with van der Waals surface area (Å²) in [6, 6.07) is 8.48. The van der Waals surface area contributed by atoms with Crippen LogP contribution in [0.25, 0.3) is 0 Å². The first-order chi connectivity index (χ1) is 17.4. The number of pyridine rings is 1. The largest absolute Gasteiger partial charge is 0.444 e. The molecule has 0 atom stereocenters. The van der Waals surface area contributed by atoms with Crippen molar-refractivity contribution in [2.75, 3.05) is 10.2 Å². The van der Waals surface area contributed by atoms with E-state index in [1.54, 1.807) is 37.5 Å². The zero-order valence-corrected chi connectivity index (χ0v) is 23.3. The number of hydrogen-bond acceptors (Lipinski definition) is 6. The molecule has 0 aliphatic heterocycles. The third-order valence-corrected chi connectivity index (χ3v) is 5.73. The molecule has 0 fully saturated rings. The number of carbonyl (C=O) groups is 2. The highest BCUT2D eigenvalue weighted by atomic mass is 35.5. The number of carbonyl (C=O) groups excluding carboxylic acids is 2. The van der Waals surface area contributed by atoms with Crippen molar-refractivity contribution in [3.63, 3.8) is 0 Å². The summed E-state index contributed by atoms with van der Waals surface area (Å²) in [5, 5.41) is 3.16. The number of benzene rings is 1. The Morgan fingerprint density at radius 2 is 1.84 bits per heavy atom. The van der Waals surface area contributed by atoms with Gasteiger partial charge in [-0.15, -0.1) is 0 Å². The van der Waals surface area contributed by atoms with Crippen LogP contribution in [-0.2, 0) is 17.7 Å². The van der Waals surface area contributed by atoms with Gasteiger partial charge in [-0.1, -0.05) is 47.5 Å². The highest BCUT2D eigenvalue weighted by Crippen LogP contribution is 2.34. The molecule has 3 aromatic rings. The number of anilines is 3. The second kappa shape index (κ2) is 11.8. The third-order valence-electron chi connectivity index (χ3n) is 5.13. The number of ether oxygens (including phenoxy) is 1. The second-order valence-corrected chi connectivity index (χ2v) is 10.1. The number of amides is 2. The summed E-state index contributed by atoms with van der Waals surface area (Å²) in [5.41, 5.74) is 0.849. The molecule has 1 N–H and O–H groups in total. The topological polar surface area (TPSA) is 101 Å². The fourth-order valence-electron chi connectivity index (χ4n) is 3.53. The Balaban J connectivity index is 2.10. The van der Waals surface area contributed by atoms with Gasteiger partial charge >= 0.3 is 23.2 Å². The number of aryl methyl sites for hydroxylation is 2. The lowest BCUT2D eigenvalue weighted by Gasteiger charge is -2.22. The van der Waals surface area contributed by atoms with Crippen molar-refractivity contribution in [2.24, 2.45) is 0 Å². The first kappa shape index (κ1) is 28.3. The van der Waals surface area contributed by atoms with Crippen molar-refractivity contribution in [3.8, 4) is 0 Å². The van der Waals surface area contributed by atoms with Crippen LogP contribution in [0.2, 0.25) is 10.3 Å². The number of nitrogens with one attached hydrogen (secondary N) is 1. The zero-order valence-electron chi connectivity index (χ0n) is 21.8. The molecule has 2 heterocycles. The Morgan fingerprint density at radius 3 is 2.41 bits per heavy atom. The normalized spacial score (nSPS) is 11.2. The van der Waals surface area contributed by atoms with Gasteiger partial charge in [0.15, 0.2) is 0 Å². The van der Waals surface area contributed by atoms with E-state index in [0.717, 1.165) is 12.0 Å². The molecule has 9 nitrogen and oxygen atoms in total. The first-order valence-electron chi connectivity index (χ1n) is 12.0. The van der Waals surface area contributed by atoms with Crippen molar-refractivity contribution < 1.29 is 18.9 Å². The predicted molar refractivity (Wildman–Crippen MR) is 144 cm³/mol. The molecule has 0 radical (unpaired) electrons. The summed E-state index contributed by atoms with van der Waals surface area (Å²) in [5.74, 6) is 0.612. The molecule has 2 amide bonds. The molecule has 1 aromatic carbocycles. The SMILES string of the molecule is CCC[n+]1c(Cl)nc(CC)nc1N(C(=O)c1ccc(NC(=O)OC(C)(C)C)nc1)c1c(C)cccc1Cl. The van der Waals surface area contributed by atoms with Gasteiger partial charge in [-0.2, -0.15) is 4.90 Å². The molecule has 0 aliphatic carbocycles. The predicted octanol–water partition coefficient (Wildman–Crippen LogP) is 6.07. The van der Waals surface area contributed by atoms with Gasteiger partial charge in [-0.05, 0) is 69.5 Å². The van der Waals surface area contributed by atoms with Gasteiger partial charge in [0, 0.05) is 12.6 Å². The van der Waals surface area contributed by atoms with Crippen LogP contribution in [0.4, 0.5) is 22.2 Å². The van der Waals surface area contributed by atoms with Crippen molar-refractivity contribution in [2.45, 2.75) is 66.5 Å². The van der Waals surface area contributed by atoms with Crippen molar-refractivity contribution in [1.29, 1.82) is 0 Å². The van der Waals surface area contributed by atoms with E-state index in [2.05, 4.69) is 20.3 Å². The van der Waals surface area contributed by atoms with Crippen LogP contribution in [0.1, 0.15) is 62.8 Å². The van der Waals surface area contributed by atoms with E-state index in [1.165, 1.54) is 17.2 Å². The maximum absolute atomic E-state index is 14.0.